The van der Waals surface area contributed by atoms with Crippen molar-refractivity contribution in [3.63, 3.8) is 0 Å². The standard InChI is InChI=1S/C13H9FN4O2S/c14-8-3-1-7(2-4-8)11-12(16-17-13(11)15)9-5-6-10(21-9)18(19)20/h1-6H,(H3,15,16,17). The number of hydrogen-bond acceptors (Lipinski definition) is 5. The van der Waals surface area contributed by atoms with E-state index in [1.54, 1.807) is 18.2 Å². The van der Waals surface area contributed by atoms with E-state index < -0.39 is 4.92 Å². The maximum absolute atomic E-state index is 13.0. The monoisotopic (exact) mass is 304 g/mol. The second-order valence-electron chi connectivity index (χ2n) is 4.26. The van der Waals surface area contributed by atoms with Crippen molar-refractivity contribution in [1.82, 2.24) is 10.2 Å². The lowest BCUT2D eigenvalue weighted by Gasteiger charge is -2.02. The van der Waals surface area contributed by atoms with E-state index in [0.29, 0.717) is 21.7 Å². The van der Waals surface area contributed by atoms with Crippen molar-refractivity contribution in [2.24, 2.45) is 0 Å². The molecule has 2 aromatic heterocycles. The minimum absolute atomic E-state index is 0.0308. The van der Waals surface area contributed by atoms with E-state index in [9.17, 15) is 14.5 Å². The molecule has 21 heavy (non-hydrogen) atoms. The second kappa shape index (κ2) is 4.98. The number of H-pyrrole nitrogens is 1. The molecule has 0 fully saturated rings. The number of thiophene rings is 1. The Labute approximate surface area is 122 Å². The van der Waals surface area contributed by atoms with Gasteiger partial charge in [0, 0.05) is 6.07 Å². The normalized spacial score (nSPS) is 10.7. The molecule has 0 spiro atoms. The summed E-state index contributed by atoms with van der Waals surface area (Å²) in [6, 6.07) is 8.86. The summed E-state index contributed by atoms with van der Waals surface area (Å²) in [5, 5.41) is 17.5. The van der Waals surface area contributed by atoms with Crippen molar-refractivity contribution < 1.29 is 9.31 Å². The van der Waals surface area contributed by atoms with Crippen molar-refractivity contribution in [3.05, 3.63) is 52.3 Å². The Balaban J connectivity index is 2.11. The summed E-state index contributed by atoms with van der Waals surface area (Å²) in [5.74, 6) is -0.0956. The molecule has 6 nitrogen and oxygen atoms in total. The van der Waals surface area contributed by atoms with Gasteiger partial charge in [-0.1, -0.05) is 23.5 Å². The molecule has 3 rings (SSSR count). The number of rotatable bonds is 3. The highest BCUT2D eigenvalue weighted by Crippen LogP contribution is 2.39. The van der Waals surface area contributed by atoms with Gasteiger partial charge in [-0.2, -0.15) is 5.10 Å². The zero-order valence-corrected chi connectivity index (χ0v) is 11.4. The molecular formula is C13H9FN4O2S. The van der Waals surface area contributed by atoms with Crippen LogP contribution in [-0.4, -0.2) is 15.1 Å². The van der Waals surface area contributed by atoms with E-state index in [-0.39, 0.29) is 16.6 Å². The molecule has 3 N–H and O–H groups in total. The number of nitrogens with two attached hydrogens (primary N) is 1. The number of aromatic nitrogens is 2. The molecule has 0 radical (unpaired) electrons. The van der Waals surface area contributed by atoms with Crippen molar-refractivity contribution in [3.8, 4) is 21.7 Å². The number of benzene rings is 1. The van der Waals surface area contributed by atoms with Crippen LogP contribution in [-0.2, 0) is 0 Å². The molecule has 0 atom stereocenters. The quantitative estimate of drug-likeness (QED) is 0.572. The van der Waals surface area contributed by atoms with Gasteiger partial charge in [-0.3, -0.25) is 15.2 Å². The molecule has 1 aromatic carbocycles. The summed E-state index contributed by atoms with van der Waals surface area (Å²) in [6.45, 7) is 0. The predicted octanol–water partition coefficient (Wildman–Crippen LogP) is 3.43. The zero-order valence-electron chi connectivity index (χ0n) is 10.5. The summed E-state index contributed by atoms with van der Waals surface area (Å²) in [4.78, 5) is 11.0. The zero-order chi connectivity index (χ0) is 15.0. The van der Waals surface area contributed by atoms with Crippen molar-refractivity contribution in [2.75, 3.05) is 5.73 Å². The van der Waals surface area contributed by atoms with Crippen LogP contribution in [0.4, 0.5) is 15.2 Å². The average Bonchev–Trinajstić information content (AvgIpc) is 3.06. The molecule has 0 aliphatic rings. The first-order valence-corrected chi connectivity index (χ1v) is 6.72. The van der Waals surface area contributed by atoms with Gasteiger partial charge >= 0.3 is 5.00 Å². The van der Waals surface area contributed by atoms with Crippen LogP contribution in [0.5, 0.6) is 0 Å². The largest absolute Gasteiger partial charge is 0.382 e. The Morgan fingerprint density at radius 3 is 2.57 bits per heavy atom. The van der Waals surface area contributed by atoms with Crippen LogP contribution >= 0.6 is 11.3 Å². The lowest BCUT2D eigenvalue weighted by molar-refractivity contribution is -0.380. The summed E-state index contributed by atoms with van der Waals surface area (Å²) >= 11 is 1.02. The van der Waals surface area contributed by atoms with Crippen molar-refractivity contribution in [2.45, 2.75) is 0 Å². The second-order valence-corrected chi connectivity index (χ2v) is 5.32. The van der Waals surface area contributed by atoms with Gasteiger partial charge in [-0.15, -0.1) is 0 Å². The first-order valence-electron chi connectivity index (χ1n) is 5.90. The summed E-state index contributed by atoms with van der Waals surface area (Å²) in [6.07, 6.45) is 0. The fourth-order valence-electron chi connectivity index (χ4n) is 2.00. The van der Waals surface area contributed by atoms with Crippen molar-refractivity contribution >= 4 is 22.2 Å². The predicted molar refractivity (Wildman–Crippen MR) is 78.4 cm³/mol. The minimum atomic E-state index is -0.453. The average molecular weight is 304 g/mol. The van der Waals surface area contributed by atoms with Crippen LogP contribution < -0.4 is 5.73 Å². The maximum Gasteiger partial charge on any atom is 0.324 e. The number of hydrogen-bond donors (Lipinski definition) is 2. The summed E-state index contributed by atoms with van der Waals surface area (Å²) < 4.78 is 13.0. The fraction of sp³-hybridized carbons (Fsp3) is 0. The van der Waals surface area contributed by atoms with Gasteiger partial charge in [0.1, 0.15) is 5.82 Å². The van der Waals surface area contributed by atoms with Gasteiger partial charge in [-0.05, 0) is 23.8 Å². The van der Waals surface area contributed by atoms with E-state index in [4.69, 9.17) is 5.73 Å². The van der Waals surface area contributed by atoms with Crippen LogP contribution in [0.3, 0.4) is 0 Å². The molecule has 2 heterocycles. The van der Waals surface area contributed by atoms with Crippen LogP contribution in [0.15, 0.2) is 36.4 Å². The molecule has 0 bridgehead atoms. The summed E-state index contributed by atoms with van der Waals surface area (Å²) in [7, 11) is 0. The Morgan fingerprint density at radius 1 is 1.24 bits per heavy atom. The number of nitrogen functional groups attached to an aromatic ring is 1. The fourth-order valence-corrected chi connectivity index (χ4v) is 2.83. The third kappa shape index (κ3) is 2.36. The van der Waals surface area contributed by atoms with E-state index >= 15 is 0 Å². The number of nitrogens with one attached hydrogen (secondary N) is 1. The SMILES string of the molecule is Nc1n[nH]c(-c2ccc([N+](=O)[O-])s2)c1-c1ccc(F)cc1. The molecular weight excluding hydrogens is 295 g/mol. The van der Waals surface area contributed by atoms with Gasteiger partial charge < -0.3 is 5.73 Å². The van der Waals surface area contributed by atoms with Gasteiger partial charge in [0.05, 0.1) is 21.1 Å². The first kappa shape index (κ1) is 13.3. The molecule has 0 saturated heterocycles. The molecule has 3 aromatic rings. The number of anilines is 1. The summed E-state index contributed by atoms with van der Waals surface area (Å²) in [5.41, 5.74) is 7.72. The highest BCUT2D eigenvalue weighted by molar-refractivity contribution is 7.18. The Morgan fingerprint density at radius 2 is 1.95 bits per heavy atom. The van der Waals surface area contributed by atoms with E-state index in [2.05, 4.69) is 10.2 Å². The number of nitrogens with zero attached hydrogens (tertiary/aromatic N) is 2. The third-order valence-electron chi connectivity index (χ3n) is 2.95. The first-order chi connectivity index (χ1) is 10.1. The Kier molecular flexibility index (Phi) is 3.15. The smallest absolute Gasteiger partial charge is 0.324 e. The number of nitro groups is 1. The highest BCUT2D eigenvalue weighted by atomic mass is 32.1. The molecule has 0 amide bonds. The van der Waals surface area contributed by atoms with Crippen molar-refractivity contribution in [1.29, 1.82) is 0 Å². The molecule has 0 unspecified atom stereocenters. The van der Waals surface area contributed by atoms with Gasteiger partial charge in [-0.25, -0.2) is 4.39 Å². The van der Waals surface area contributed by atoms with Crippen LogP contribution in [0.2, 0.25) is 0 Å². The minimum Gasteiger partial charge on any atom is -0.382 e. The highest BCUT2D eigenvalue weighted by Gasteiger charge is 2.19. The lowest BCUT2D eigenvalue weighted by Crippen LogP contribution is -1.88. The molecule has 0 aliphatic carbocycles. The number of aromatic amines is 1. The van der Waals surface area contributed by atoms with E-state index in [0.717, 1.165) is 11.3 Å². The van der Waals surface area contributed by atoms with E-state index in [1.807, 2.05) is 0 Å². The van der Waals surface area contributed by atoms with E-state index in [1.165, 1.54) is 18.2 Å². The van der Waals surface area contributed by atoms with Gasteiger partial charge in [0.25, 0.3) is 0 Å². The van der Waals surface area contributed by atoms with Crippen LogP contribution in [0.1, 0.15) is 0 Å². The third-order valence-corrected chi connectivity index (χ3v) is 4.00. The molecule has 8 heteroatoms. The maximum atomic E-state index is 13.0. The topological polar surface area (TPSA) is 97.8 Å². The van der Waals surface area contributed by atoms with Gasteiger partial charge in [0.15, 0.2) is 5.82 Å². The number of halogens is 1. The molecule has 0 aliphatic heterocycles. The lowest BCUT2D eigenvalue weighted by atomic mass is 10.0. The Hall–Kier alpha value is -2.74. The molecule has 106 valence electrons. The Bertz CT molecular complexity index is 810. The van der Waals surface area contributed by atoms with Crippen LogP contribution in [0.25, 0.3) is 21.7 Å². The van der Waals surface area contributed by atoms with Gasteiger partial charge in [0.2, 0.25) is 0 Å². The molecule has 0 saturated carbocycles. The van der Waals surface area contributed by atoms with Crippen LogP contribution in [0, 0.1) is 15.9 Å².